The van der Waals surface area contributed by atoms with E-state index in [9.17, 15) is 14.0 Å². The Balaban J connectivity index is 1.56. The van der Waals surface area contributed by atoms with Crippen molar-refractivity contribution in [1.29, 1.82) is 5.26 Å². The van der Waals surface area contributed by atoms with Gasteiger partial charge in [0, 0.05) is 36.1 Å². The number of H-pyrrole nitrogens is 1. The van der Waals surface area contributed by atoms with Crippen LogP contribution in [0.1, 0.15) is 44.7 Å². The standard InChI is InChI=1S/C22H27FN4O3/c1-22(2,3)26-21(29)30-16-5-8-27(9-6-16)7-4-15-12-17-18(23)10-14(13-24)11-19(17)25-20(15)28/h10-12,16H,4-9H2,1-3H3,(H,25,28)(H,26,29). The van der Waals surface area contributed by atoms with Crippen molar-refractivity contribution in [3.05, 3.63) is 45.5 Å². The number of pyridine rings is 1. The van der Waals surface area contributed by atoms with Crippen molar-refractivity contribution in [2.24, 2.45) is 0 Å². The first kappa shape index (κ1) is 21.8. The highest BCUT2D eigenvalue weighted by Crippen LogP contribution is 2.19. The van der Waals surface area contributed by atoms with Crippen molar-refractivity contribution in [1.82, 2.24) is 15.2 Å². The molecular weight excluding hydrogens is 387 g/mol. The molecule has 3 rings (SSSR count). The van der Waals surface area contributed by atoms with Gasteiger partial charge in [-0.25, -0.2) is 9.18 Å². The molecule has 1 fully saturated rings. The molecule has 1 aromatic carbocycles. The van der Waals surface area contributed by atoms with Gasteiger partial charge in [-0.3, -0.25) is 4.79 Å². The molecule has 7 nitrogen and oxygen atoms in total. The van der Waals surface area contributed by atoms with E-state index in [4.69, 9.17) is 10.00 Å². The Kier molecular flexibility index (Phi) is 6.42. The number of hydrogen-bond donors (Lipinski definition) is 2. The summed E-state index contributed by atoms with van der Waals surface area (Å²) in [4.78, 5) is 29.1. The highest BCUT2D eigenvalue weighted by Gasteiger charge is 2.24. The van der Waals surface area contributed by atoms with E-state index in [0.29, 0.717) is 29.4 Å². The molecule has 2 N–H and O–H groups in total. The second-order valence-corrected chi connectivity index (χ2v) is 8.73. The molecule has 0 bridgehead atoms. The molecule has 0 atom stereocenters. The van der Waals surface area contributed by atoms with Gasteiger partial charge in [-0.15, -0.1) is 0 Å². The van der Waals surface area contributed by atoms with Crippen LogP contribution in [-0.2, 0) is 11.2 Å². The van der Waals surface area contributed by atoms with Crippen molar-refractivity contribution in [3.8, 4) is 6.07 Å². The topological polar surface area (TPSA) is 98.2 Å². The van der Waals surface area contributed by atoms with Crippen LogP contribution in [-0.4, -0.2) is 47.3 Å². The minimum absolute atomic E-state index is 0.115. The summed E-state index contributed by atoms with van der Waals surface area (Å²) in [6, 6.07) is 6.10. The van der Waals surface area contributed by atoms with Gasteiger partial charge in [0.05, 0.1) is 17.1 Å². The first-order valence-corrected chi connectivity index (χ1v) is 10.1. The zero-order valence-corrected chi connectivity index (χ0v) is 17.5. The van der Waals surface area contributed by atoms with Gasteiger partial charge in [-0.1, -0.05) is 0 Å². The lowest BCUT2D eigenvalue weighted by Crippen LogP contribution is -2.44. The lowest BCUT2D eigenvalue weighted by Gasteiger charge is -2.32. The second kappa shape index (κ2) is 8.84. The molecule has 1 aliphatic heterocycles. The molecule has 0 aliphatic carbocycles. The number of hydrogen-bond acceptors (Lipinski definition) is 5. The number of carbonyl (C=O) groups is 1. The van der Waals surface area contributed by atoms with Crippen LogP contribution in [0.25, 0.3) is 10.9 Å². The number of halogens is 1. The maximum absolute atomic E-state index is 14.3. The molecule has 0 radical (unpaired) electrons. The molecule has 0 spiro atoms. The largest absolute Gasteiger partial charge is 0.446 e. The summed E-state index contributed by atoms with van der Waals surface area (Å²) in [6.07, 6.45) is 1.44. The zero-order chi connectivity index (χ0) is 21.9. The number of alkyl carbamates (subject to hydrolysis) is 1. The van der Waals surface area contributed by atoms with Crippen LogP contribution in [0.4, 0.5) is 9.18 Å². The molecule has 30 heavy (non-hydrogen) atoms. The summed E-state index contributed by atoms with van der Waals surface area (Å²) < 4.78 is 19.7. The predicted octanol–water partition coefficient (Wildman–Crippen LogP) is 3.07. The Morgan fingerprint density at radius 3 is 2.67 bits per heavy atom. The minimum atomic E-state index is -0.520. The van der Waals surface area contributed by atoms with E-state index < -0.39 is 11.9 Å². The zero-order valence-electron chi connectivity index (χ0n) is 17.5. The fourth-order valence-corrected chi connectivity index (χ4v) is 3.58. The fourth-order valence-electron chi connectivity index (χ4n) is 3.58. The predicted molar refractivity (Wildman–Crippen MR) is 112 cm³/mol. The van der Waals surface area contributed by atoms with Crippen LogP contribution < -0.4 is 10.9 Å². The molecule has 1 saturated heterocycles. The normalized spacial score (nSPS) is 15.7. The summed E-state index contributed by atoms with van der Waals surface area (Å²) in [7, 11) is 0. The number of likely N-dealkylation sites (tertiary alicyclic amines) is 1. The Morgan fingerprint density at radius 1 is 1.33 bits per heavy atom. The van der Waals surface area contributed by atoms with Crippen molar-refractivity contribution < 1.29 is 13.9 Å². The Bertz CT molecular complexity index is 1030. The average Bonchev–Trinajstić information content (AvgIpc) is 2.66. The van der Waals surface area contributed by atoms with Gasteiger partial charge < -0.3 is 19.9 Å². The van der Waals surface area contributed by atoms with Gasteiger partial charge in [0.1, 0.15) is 11.9 Å². The summed E-state index contributed by atoms with van der Waals surface area (Å²) in [5.74, 6) is -0.520. The molecular formula is C22H27FN4O3. The number of ether oxygens (including phenoxy) is 1. The Morgan fingerprint density at radius 2 is 2.03 bits per heavy atom. The molecule has 0 unspecified atom stereocenters. The molecule has 1 aromatic heterocycles. The molecule has 2 aromatic rings. The molecule has 8 heteroatoms. The monoisotopic (exact) mass is 414 g/mol. The highest BCUT2D eigenvalue weighted by atomic mass is 19.1. The number of nitriles is 1. The molecule has 0 saturated carbocycles. The van der Waals surface area contributed by atoms with Gasteiger partial charge in [0.2, 0.25) is 0 Å². The van der Waals surface area contributed by atoms with Crippen LogP contribution >= 0.6 is 0 Å². The van der Waals surface area contributed by atoms with Crippen molar-refractivity contribution >= 4 is 17.0 Å². The van der Waals surface area contributed by atoms with E-state index in [1.165, 1.54) is 12.1 Å². The van der Waals surface area contributed by atoms with Crippen molar-refractivity contribution in [2.75, 3.05) is 19.6 Å². The van der Waals surface area contributed by atoms with E-state index in [1.54, 1.807) is 6.07 Å². The van der Waals surface area contributed by atoms with E-state index in [1.807, 2.05) is 26.8 Å². The maximum Gasteiger partial charge on any atom is 0.407 e. The second-order valence-electron chi connectivity index (χ2n) is 8.73. The van der Waals surface area contributed by atoms with E-state index in [0.717, 1.165) is 25.9 Å². The van der Waals surface area contributed by atoms with Crippen LogP contribution in [0.5, 0.6) is 0 Å². The molecule has 1 aliphatic rings. The van der Waals surface area contributed by atoms with Gasteiger partial charge in [-0.2, -0.15) is 5.26 Å². The summed E-state index contributed by atoms with van der Waals surface area (Å²) >= 11 is 0. The quantitative estimate of drug-likeness (QED) is 0.801. The van der Waals surface area contributed by atoms with Crippen LogP contribution in [0.15, 0.2) is 23.0 Å². The van der Waals surface area contributed by atoms with Crippen molar-refractivity contribution in [2.45, 2.75) is 51.7 Å². The number of aromatic nitrogens is 1. The third-order valence-electron chi connectivity index (χ3n) is 5.10. The van der Waals surface area contributed by atoms with Gasteiger partial charge in [-0.05, 0) is 58.2 Å². The van der Waals surface area contributed by atoms with Gasteiger partial charge in [0.15, 0.2) is 0 Å². The lowest BCUT2D eigenvalue weighted by atomic mass is 10.1. The Hall–Kier alpha value is -2.92. The number of amides is 1. The van der Waals surface area contributed by atoms with E-state index >= 15 is 0 Å². The number of piperidine rings is 1. The summed E-state index contributed by atoms with van der Waals surface area (Å²) in [5, 5.41) is 12.0. The number of aromatic amines is 1. The molecule has 1 amide bonds. The first-order chi connectivity index (χ1) is 14.1. The number of rotatable bonds is 4. The number of carbonyl (C=O) groups excluding carboxylic acids is 1. The van der Waals surface area contributed by atoms with Crippen LogP contribution in [0.3, 0.4) is 0 Å². The summed E-state index contributed by atoms with van der Waals surface area (Å²) in [6.45, 7) is 7.89. The smallest absolute Gasteiger partial charge is 0.407 e. The Labute approximate surface area is 174 Å². The number of benzene rings is 1. The van der Waals surface area contributed by atoms with Crippen LogP contribution in [0, 0.1) is 17.1 Å². The minimum Gasteiger partial charge on any atom is -0.446 e. The van der Waals surface area contributed by atoms with E-state index in [-0.39, 0.29) is 22.8 Å². The van der Waals surface area contributed by atoms with Gasteiger partial charge in [0.25, 0.3) is 5.56 Å². The third kappa shape index (κ3) is 5.57. The molecule has 160 valence electrons. The van der Waals surface area contributed by atoms with Gasteiger partial charge >= 0.3 is 6.09 Å². The van der Waals surface area contributed by atoms with Crippen molar-refractivity contribution in [3.63, 3.8) is 0 Å². The molecule has 2 heterocycles. The highest BCUT2D eigenvalue weighted by molar-refractivity contribution is 5.81. The van der Waals surface area contributed by atoms with E-state index in [2.05, 4.69) is 15.2 Å². The maximum atomic E-state index is 14.3. The average molecular weight is 414 g/mol. The van der Waals surface area contributed by atoms with Crippen LogP contribution in [0.2, 0.25) is 0 Å². The number of nitrogens with one attached hydrogen (secondary N) is 2. The summed E-state index contributed by atoms with van der Waals surface area (Å²) in [5.41, 5.74) is 0.403. The third-order valence-corrected chi connectivity index (χ3v) is 5.10. The number of nitrogens with zero attached hydrogens (tertiary/aromatic N) is 2. The SMILES string of the molecule is CC(C)(C)NC(=O)OC1CCN(CCc2cc3c(F)cc(C#N)cc3[nH]c2=O)CC1. The lowest BCUT2D eigenvalue weighted by molar-refractivity contribution is 0.0475. The fraction of sp³-hybridized carbons (Fsp3) is 0.500. The first-order valence-electron chi connectivity index (χ1n) is 10.1. The number of fused-ring (bicyclic) bond motifs is 1.